The zero-order valence-corrected chi connectivity index (χ0v) is 16.5. The summed E-state index contributed by atoms with van der Waals surface area (Å²) in [7, 11) is 1.40. The summed E-state index contributed by atoms with van der Waals surface area (Å²) < 4.78 is 34.5. The van der Waals surface area contributed by atoms with E-state index in [1.807, 2.05) is 0 Å². The van der Waals surface area contributed by atoms with Crippen LogP contribution in [0.2, 0.25) is 0 Å². The third kappa shape index (κ3) is 5.61. The Morgan fingerprint density at radius 3 is 2.75 bits per heavy atom. The minimum Gasteiger partial charge on any atom is -0.493 e. The molecule has 0 aliphatic heterocycles. The zero-order valence-electron chi connectivity index (χ0n) is 15.7. The van der Waals surface area contributed by atoms with E-state index in [1.54, 1.807) is 12.1 Å². The maximum Gasteiger partial charge on any atom is 0.387 e. The highest BCUT2D eigenvalue weighted by Crippen LogP contribution is 2.30. The van der Waals surface area contributed by atoms with Crippen molar-refractivity contribution in [3.8, 4) is 11.5 Å². The summed E-state index contributed by atoms with van der Waals surface area (Å²) >= 11 is 1.52. The van der Waals surface area contributed by atoms with Crippen LogP contribution in [-0.4, -0.2) is 31.9 Å². The van der Waals surface area contributed by atoms with Gasteiger partial charge in [-0.1, -0.05) is 12.1 Å². The maximum absolute atomic E-state index is 12.5. The highest BCUT2D eigenvalue weighted by Gasteiger charge is 2.13. The highest BCUT2D eigenvalue weighted by atomic mass is 32.2. The number of fused-ring (bicyclic) bond motifs is 1. The lowest BCUT2D eigenvalue weighted by atomic mass is 10.1. The summed E-state index contributed by atoms with van der Waals surface area (Å²) in [5.41, 5.74) is 3.60. The van der Waals surface area contributed by atoms with Crippen LogP contribution in [0.4, 0.5) is 8.78 Å². The molecule has 0 radical (unpaired) electrons. The molecule has 0 saturated carbocycles. The molecule has 0 bridgehead atoms. The Morgan fingerprint density at radius 1 is 1.14 bits per heavy atom. The number of halogens is 2. The summed E-state index contributed by atoms with van der Waals surface area (Å²) in [5.74, 6) is 0.539. The molecule has 0 spiro atoms. The largest absolute Gasteiger partial charge is 0.493 e. The summed E-state index contributed by atoms with van der Waals surface area (Å²) in [5, 5.41) is 2.86. The molecule has 1 aliphatic rings. The Bertz CT molecular complexity index is 829. The van der Waals surface area contributed by atoms with Crippen molar-refractivity contribution in [2.45, 2.75) is 37.2 Å². The summed E-state index contributed by atoms with van der Waals surface area (Å²) in [6, 6.07) is 11.3. The van der Waals surface area contributed by atoms with E-state index in [1.165, 1.54) is 42.5 Å². The van der Waals surface area contributed by atoms with Crippen LogP contribution >= 0.6 is 11.8 Å². The van der Waals surface area contributed by atoms with Crippen LogP contribution in [0.15, 0.2) is 41.3 Å². The van der Waals surface area contributed by atoms with Crippen LogP contribution in [0.5, 0.6) is 11.5 Å². The van der Waals surface area contributed by atoms with E-state index in [0.29, 0.717) is 18.7 Å². The number of carbonyl (C=O) groups excluding carboxylic acids is 1. The molecular weight excluding hydrogens is 384 g/mol. The zero-order chi connectivity index (χ0) is 19.9. The van der Waals surface area contributed by atoms with Gasteiger partial charge in [0.1, 0.15) is 0 Å². The molecular formula is C21H23F2NO3S. The Balaban J connectivity index is 1.45. The van der Waals surface area contributed by atoms with Gasteiger partial charge in [0.25, 0.3) is 0 Å². The molecule has 7 heteroatoms. The Hall–Kier alpha value is -2.28. The third-order valence-corrected chi connectivity index (χ3v) is 5.61. The van der Waals surface area contributed by atoms with Crippen molar-refractivity contribution in [1.29, 1.82) is 0 Å². The van der Waals surface area contributed by atoms with Gasteiger partial charge in [0.15, 0.2) is 11.5 Å². The second-order valence-corrected chi connectivity index (χ2v) is 7.59. The molecule has 150 valence electrons. The number of amides is 1. The quantitative estimate of drug-likeness (QED) is 0.632. The number of nitrogens with one attached hydrogen (secondary N) is 1. The molecule has 28 heavy (non-hydrogen) atoms. The summed E-state index contributed by atoms with van der Waals surface area (Å²) in [6.07, 6.45) is 3.99. The molecule has 0 aromatic heterocycles. The first-order chi connectivity index (χ1) is 13.5. The molecule has 2 aromatic rings. The van der Waals surface area contributed by atoms with E-state index in [2.05, 4.69) is 28.3 Å². The monoisotopic (exact) mass is 407 g/mol. The smallest absolute Gasteiger partial charge is 0.387 e. The Kier molecular flexibility index (Phi) is 7.14. The van der Waals surface area contributed by atoms with Crippen molar-refractivity contribution in [2.75, 3.05) is 19.4 Å². The van der Waals surface area contributed by atoms with Gasteiger partial charge in [0.05, 0.1) is 12.9 Å². The van der Waals surface area contributed by atoms with Crippen molar-refractivity contribution in [3.63, 3.8) is 0 Å². The molecule has 3 rings (SSSR count). The van der Waals surface area contributed by atoms with Gasteiger partial charge in [0, 0.05) is 11.4 Å². The second kappa shape index (κ2) is 9.78. The first kappa shape index (κ1) is 20.5. The number of aryl methyl sites for hydroxylation is 2. The van der Waals surface area contributed by atoms with Gasteiger partial charge in [-0.2, -0.15) is 8.78 Å². The standard InChI is InChI=1S/C21H23F2NO3S/c1-26-18-8-5-14(11-19(18)27-21(22)23)9-10-24-20(25)13-28-17-7-6-15-3-2-4-16(15)12-17/h5-8,11-12,21H,2-4,9-10,13H2,1H3,(H,24,25). The molecule has 4 nitrogen and oxygen atoms in total. The molecule has 0 fully saturated rings. The van der Waals surface area contributed by atoms with Crippen molar-refractivity contribution in [3.05, 3.63) is 53.1 Å². The molecule has 0 saturated heterocycles. The number of thioether (sulfide) groups is 1. The van der Waals surface area contributed by atoms with Gasteiger partial charge < -0.3 is 14.8 Å². The lowest BCUT2D eigenvalue weighted by Crippen LogP contribution is -2.27. The fourth-order valence-corrected chi connectivity index (χ4v) is 4.04. The number of rotatable bonds is 9. The second-order valence-electron chi connectivity index (χ2n) is 6.54. The summed E-state index contributed by atoms with van der Waals surface area (Å²) in [4.78, 5) is 13.2. The first-order valence-corrected chi connectivity index (χ1v) is 10.2. The topological polar surface area (TPSA) is 47.6 Å². The lowest BCUT2D eigenvalue weighted by Gasteiger charge is -2.12. The molecule has 1 N–H and O–H groups in total. The molecule has 1 amide bonds. The van der Waals surface area contributed by atoms with Crippen molar-refractivity contribution in [1.82, 2.24) is 5.32 Å². The average Bonchev–Trinajstić information content (AvgIpc) is 3.14. The van der Waals surface area contributed by atoms with Gasteiger partial charge in [0.2, 0.25) is 5.91 Å². The number of benzene rings is 2. The number of methoxy groups -OCH3 is 1. The molecule has 1 aliphatic carbocycles. The van der Waals surface area contributed by atoms with Crippen LogP contribution in [0.1, 0.15) is 23.1 Å². The van der Waals surface area contributed by atoms with Crippen LogP contribution < -0.4 is 14.8 Å². The predicted molar refractivity (Wildman–Crippen MR) is 106 cm³/mol. The van der Waals surface area contributed by atoms with E-state index >= 15 is 0 Å². The third-order valence-electron chi connectivity index (χ3n) is 4.62. The average molecular weight is 407 g/mol. The fraction of sp³-hybridized carbons (Fsp3) is 0.381. The van der Waals surface area contributed by atoms with Crippen molar-refractivity contribution >= 4 is 17.7 Å². The van der Waals surface area contributed by atoms with E-state index in [0.717, 1.165) is 23.3 Å². The van der Waals surface area contributed by atoms with Crippen molar-refractivity contribution in [2.24, 2.45) is 0 Å². The first-order valence-electron chi connectivity index (χ1n) is 9.18. The molecule has 0 unspecified atom stereocenters. The maximum atomic E-state index is 12.5. The SMILES string of the molecule is COc1ccc(CCNC(=O)CSc2ccc3c(c2)CCC3)cc1OC(F)F. The van der Waals surface area contributed by atoms with Gasteiger partial charge in [-0.25, -0.2) is 0 Å². The Morgan fingerprint density at radius 2 is 1.96 bits per heavy atom. The Labute approximate surface area is 167 Å². The number of hydrogen-bond acceptors (Lipinski definition) is 4. The van der Waals surface area contributed by atoms with Gasteiger partial charge in [-0.15, -0.1) is 11.8 Å². The number of carbonyl (C=O) groups is 1. The van der Waals surface area contributed by atoms with Crippen LogP contribution in [0, 0.1) is 0 Å². The number of hydrogen-bond donors (Lipinski definition) is 1. The van der Waals surface area contributed by atoms with Crippen LogP contribution in [0.25, 0.3) is 0 Å². The number of ether oxygens (including phenoxy) is 2. The highest BCUT2D eigenvalue weighted by molar-refractivity contribution is 8.00. The van der Waals surface area contributed by atoms with Crippen LogP contribution in [-0.2, 0) is 24.1 Å². The van der Waals surface area contributed by atoms with E-state index in [4.69, 9.17) is 4.74 Å². The van der Waals surface area contributed by atoms with Crippen LogP contribution in [0.3, 0.4) is 0 Å². The predicted octanol–water partition coefficient (Wildman–Crippen LogP) is 4.24. The van der Waals surface area contributed by atoms with Gasteiger partial charge in [-0.05, 0) is 66.6 Å². The minimum absolute atomic E-state index is 0.00603. The number of alkyl halides is 2. The van der Waals surface area contributed by atoms with Crippen molar-refractivity contribution < 1.29 is 23.0 Å². The molecule has 0 heterocycles. The molecule has 0 atom stereocenters. The minimum atomic E-state index is -2.92. The van der Waals surface area contributed by atoms with E-state index in [-0.39, 0.29) is 17.4 Å². The fourth-order valence-electron chi connectivity index (χ4n) is 3.25. The lowest BCUT2D eigenvalue weighted by molar-refractivity contribution is -0.118. The van der Waals surface area contributed by atoms with E-state index in [9.17, 15) is 13.6 Å². The van der Waals surface area contributed by atoms with E-state index < -0.39 is 6.61 Å². The molecule has 2 aromatic carbocycles. The normalized spacial score (nSPS) is 12.7. The van der Waals surface area contributed by atoms with Gasteiger partial charge in [-0.3, -0.25) is 4.79 Å². The summed E-state index contributed by atoms with van der Waals surface area (Å²) in [6.45, 7) is -2.50. The van der Waals surface area contributed by atoms with Gasteiger partial charge >= 0.3 is 6.61 Å².